The molecule has 1 aliphatic rings. The van der Waals surface area contributed by atoms with Crippen LogP contribution in [0.4, 0.5) is 13.2 Å². The Bertz CT molecular complexity index is 418. The van der Waals surface area contributed by atoms with E-state index < -0.39 is 17.3 Å². The van der Waals surface area contributed by atoms with E-state index in [0.29, 0.717) is 18.6 Å². The van der Waals surface area contributed by atoms with E-state index in [1.54, 1.807) is 13.0 Å². The van der Waals surface area contributed by atoms with Gasteiger partial charge in [-0.2, -0.15) is 13.2 Å². The van der Waals surface area contributed by atoms with Crippen LogP contribution in [0.15, 0.2) is 24.3 Å². The molecule has 0 aromatic heterocycles. The molecule has 5 heteroatoms. The minimum atomic E-state index is -4.34. The van der Waals surface area contributed by atoms with Crippen LogP contribution in [0, 0.1) is 0 Å². The summed E-state index contributed by atoms with van der Waals surface area (Å²) < 4.78 is 43.3. The molecular weight excluding hydrogens is 231 g/mol. The first-order valence-electron chi connectivity index (χ1n) is 5.41. The van der Waals surface area contributed by atoms with Crippen molar-refractivity contribution in [3.05, 3.63) is 35.4 Å². The van der Waals surface area contributed by atoms with Gasteiger partial charge in [-0.3, -0.25) is 0 Å². The first kappa shape index (κ1) is 12.4. The van der Waals surface area contributed by atoms with Crippen molar-refractivity contribution in [3.63, 3.8) is 0 Å². The summed E-state index contributed by atoms with van der Waals surface area (Å²) >= 11 is 0. The van der Waals surface area contributed by atoms with Gasteiger partial charge < -0.3 is 10.5 Å². The van der Waals surface area contributed by atoms with Crippen molar-refractivity contribution >= 4 is 0 Å². The molecule has 0 amide bonds. The maximum atomic E-state index is 12.6. The van der Waals surface area contributed by atoms with Gasteiger partial charge in [-0.15, -0.1) is 0 Å². The predicted molar refractivity (Wildman–Crippen MR) is 57.3 cm³/mol. The lowest BCUT2D eigenvalue weighted by atomic mass is 9.88. The fourth-order valence-corrected chi connectivity index (χ4v) is 2.08. The summed E-state index contributed by atoms with van der Waals surface area (Å²) in [6.07, 6.45) is -3.68. The Morgan fingerprint density at radius 2 is 2.12 bits per heavy atom. The quantitative estimate of drug-likeness (QED) is 0.825. The lowest BCUT2D eigenvalue weighted by Gasteiger charge is -2.29. The summed E-state index contributed by atoms with van der Waals surface area (Å²) in [5.74, 6) is 0. The average molecular weight is 245 g/mol. The minimum absolute atomic E-state index is 0.272. The van der Waals surface area contributed by atoms with Gasteiger partial charge in [-0.05, 0) is 31.0 Å². The number of rotatable bonds is 1. The second kappa shape index (κ2) is 3.99. The molecule has 1 heterocycles. The van der Waals surface area contributed by atoms with Crippen LogP contribution in [-0.4, -0.2) is 12.6 Å². The molecule has 1 saturated heterocycles. The third-order valence-electron chi connectivity index (χ3n) is 3.30. The zero-order valence-electron chi connectivity index (χ0n) is 9.42. The van der Waals surface area contributed by atoms with Crippen LogP contribution in [0.5, 0.6) is 0 Å². The number of halogens is 3. The van der Waals surface area contributed by atoms with Crippen molar-refractivity contribution in [3.8, 4) is 0 Å². The Hall–Kier alpha value is -1.07. The van der Waals surface area contributed by atoms with Crippen LogP contribution in [0.25, 0.3) is 0 Å². The first-order valence-corrected chi connectivity index (χ1v) is 5.41. The summed E-state index contributed by atoms with van der Waals surface area (Å²) in [7, 11) is 0. The number of nitrogens with two attached hydrogens (primary N) is 1. The first-order chi connectivity index (χ1) is 7.84. The smallest absolute Gasteiger partial charge is 0.369 e. The molecule has 1 aliphatic heterocycles. The monoisotopic (exact) mass is 245 g/mol. The Morgan fingerprint density at radius 3 is 2.65 bits per heavy atom. The molecule has 2 nitrogen and oxygen atoms in total. The van der Waals surface area contributed by atoms with E-state index in [4.69, 9.17) is 10.5 Å². The Balaban J connectivity index is 2.40. The van der Waals surface area contributed by atoms with Crippen LogP contribution in [-0.2, 0) is 16.5 Å². The van der Waals surface area contributed by atoms with Gasteiger partial charge in [0.25, 0.3) is 0 Å². The van der Waals surface area contributed by atoms with Gasteiger partial charge in [0.05, 0.1) is 5.56 Å². The molecule has 2 rings (SSSR count). The maximum absolute atomic E-state index is 12.6. The number of alkyl halides is 3. The molecule has 94 valence electrons. The third-order valence-corrected chi connectivity index (χ3v) is 3.30. The van der Waals surface area contributed by atoms with Crippen LogP contribution in [0.3, 0.4) is 0 Å². The van der Waals surface area contributed by atoms with E-state index in [-0.39, 0.29) is 6.04 Å². The van der Waals surface area contributed by atoms with E-state index in [9.17, 15) is 13.2 Å². The maximum Gasteiger partial charge on any atom is 0.416 e. The highest BCUT2D eigenvalue weighted by atomic mass is 19.4. The molecule has 1 aromatic carbocycles. The number of hydrogen-bond acceptors (Lipinski definition) is 2. The van der Waals surface area contributed by atoms with Crippen molar-refractivity contribution in [2.24, 2.45) is 5.73 Å². The predicted octanol–water partition coefficient (Wildman–Crippen LogP) is 2.67. The van der Waals surface area contributed by atoms with Crippen LogP contribution < -0.4 is 5.73 Å². The normalized spacial score (nSPS) is 29.6. The Kier molecular flexibility index (Phi) is 2.91. The molecule has 2 atom stereocenters. The van der Waals surface area contributed by atoms with Gasteiger partial charge in [0.1, 0.15) is 5.60 Å². The standard InChI is InChI=1S/C12H14F3NO/c1-11(10(16)5-6-17-11)8-3-2-4-9(7-8)12(13,14)15/h2-4,7,10H,5-6,16H2,1H3. The van der Waals surface area contributed by atoms with Crippen LogP contribution in [0.1, 0.15) is 24.5 Å². The van der Waals surface area contributed by atoms with Gasteiger partial charge >= 0.3 is 6.18 Å². The van der Waals surface area contributed by atoms with E-state index in [1.165, 1.54) is 6.07 Å². The second-order valence-electron chi connectivity index (χ2n) is 4.43. The van der Waals surface area contributed by atoms with E-state index >= 15 is 0 Å². The molecule has 2 unspecified atom stereocenters. The van der Waals surface area contributed by atoms with Gasteiger partial charge in [-0.1, -0.05) is 12.1 Å². The van der Waals surface area contributed by atoms with Crippen molar-refractivity contribution in [2.75, 3.05) is 6.61 Å². The summed E-state index contributed by atoms with van der Waals surface area (Å²) in [4.78, 5) is 0. The third kappa shape index (κ3) is 2.17. The second-order valence-corrected chi connectivity index (χ2v) is 4.43. The van der Waals surface area contributed by atoms with Gasteiger partial charge in [-0.25, -0.2) is 0 Å². The van der Waals surface area contributed by atoms with Crippen molar-refractivity contribution in [2.45, 2.75) is 31.2 Å². The number of ether oxygens (including phenoxy) is 1. The highest BCUT2D eigenvalue weighted by Gasteiger charge is 2.40. The van der Waals surface area contributed by atoms with E-state index in [2.05, 4.69) is 0 Å². The molecule has 1 aromatic rings. The summed E-state index contributed by atoms with van der Waals surface area (Å²) in [6.45, 7) is 2.22. The zero-order chi connectivity index (χ0) is 12.7. The van der Waals surface area contributed by atoms with Crippen LogP contribution >= 0.6 is 0 Å². The fraction of sp³-hybridized carbons (Fsp3) is 0.500. The molecule has 0 aliphatic carbocycles. The summed E-state index contributed by atoms with van der Waals surface area (Å²) in [5, 5.41) is 0. The lowest BCUT2D eigenvalue weighted by Crippen LogP contribution is -2.39. The topological polar surface area (TPSA) is 35.2 Å². The summed E-state index contributed by atoms with van der Waals surface area (Å²) in [6, 6.07) is 4.91. The van der Waals surface area contributed by atoms with Gasteiger partial charge in [0.2, 0.25) is 0 Å². The Morgan fingerprint density at radius 1 is 1.41 bits per heavy atom. The van der Waals surface area contributed by atoms with Crippen molar-refractivity contribution < 1.29 is 17.9 Å². The minimum Gasteiger partial charge on any atom is -0.369 e. The van der Waals surface area contributed by atoms with E-state index in [1.807, 2.05) is 0 Å². The highest BCUT2D eigenvalue weighted by Crippen LogP contribution is 2.37. The van der Waals surface area contributed by atoms with Gasteiger partial charge in [0, 0.05) is 12.6 Å². The summed E-state index contributed by atoms with van der Waals surface area (Å²) in [5.41, 5.74) is 4.90. The molecule has 2 N–H and O–H groups in total. The highest BCUT2D eigenvalue weighted by molar-refractivity contribution is 5.31. The van der Waals surface area contributed by atoms with Crippen molar-refractivity contribution in [1.82, 2.24) is 0 Å². The lowest BCUT2D eigenvalue weighted by molar-refractivity contribution is -0.137. The SMILES string of the molecule is CC1(c2cccc(C(F)(F)F)c2)OCCC1N. The molecule has 1 fully saturated rings. The fourth-order valence-electron chi connectivity index (χ4n) is 2.08. The number of hydrogen-bond donors (Lipinski definition) is 1. The number of benzene rings is 1. The molecule has 0 bridgehead atoms. The van der Waals surface area contributed by atoms with Crippen LogP contribution in [0.2, 0.25) is 0 Å². The molecule has 0 spiro atoms. The molecule has 0 radical (unpaired) electrons. The van der Waals surface area contributed by atoms with Crippen molar-refractivity contribution in [1.29, 1.82) is 0 Å². The molecule has 0 saturated carbocycles. The molecule has 17 heavy (non-hydrogen) atoms. The largest absolute Gasteiger partial charge is 0.416 e. The zero-order valence-corrected chi connectivity index (χ0v) is 9.42. The van der Waals surface area contributed by atoms with Gasteiger partial charge in [0.15, 0.2) is 0 Å². The average Bonchev–Trinajstić information content (AvgIpc) is 2.60. The Labute approximate surface area is 97.6 Å². The molecular formula is C12H14F3NO. The van der Waals surface area contributed by atoms with E-state index in [0.717, 1.165) is 12.1 Å².